The fourth-order valence-electron chi connectivity index (χ4n) is 3.53. The lowest BCUT2D eigenvalue weighted by Gasteiger charge is -2.23. The van der Waals surface area contributed by atoms with Crippen LogP contribution in [0.1, 0.15) is 42.2 Å². The number of benzene rings is 1. The lowest BCUT2D eigenvalue weighted by molar-refractivity contribution is -0.138. The molecule has 0 spiro atoms. The molecule has 7 heteroatoms. The fraction of sp³-hybridized carbons (Fsp3) is 0.500. The topological polar surface area (TPSA) is 42.1 Å². The van der Waals surface area contributed by atoms with Crippen molar-refractivity contribution in [2.45, 2.75) is 51.9 Å². The van der Waals surface area contributed by atoms with Crippen molar-refractivity contribution in [3.8, 4) is 11.3 Å². The summed E-state index contributed by atoms with van der Waals surface area (Å²) in [5.41, 5.74) is 6.54. The average molecular weight is 369 g/mol. The molecule has 0 saturated carbocycles. The summed E-state index contributed by atoms with van der Waals surface area (Å²) in [5, 5.41) is 0.395. The van der Waals surface area contributed by atoms with E-state index < -0.39 is 11.7 Å². The van der Waals surface area contributed by atoms with Crippen LogP contribution in [0.2, 0.25) is 0 Å². The van der Waals surface area contributed by atoms with Gasteiger partial charge in [0, 0.05) is 23.0 Å². The molecule has 0 radical (unpaired) electrons. The number of aryl methyl sites for hydroxylation is 1. The Bertz CT molecular complexity index is 755. The van der Waals surface area contributed by atoms with Crippen molar-refractivity contribution in [1.82, 2.24) is 9.88 Å². The second-order valence-electron chi connectivity index (χ2n) is 6.53. The molecule has 2 N–H and O–H groups in total. The second-order valence-corrected chi connectivity index (χ2v) is 7.64. The number of aromatic nitrogens is 1. The van der Waals surface area contributed by atoms with Crippen LogP contribution in [0, 0.1) is 6.92 Å². The Hall–Kier alpha value is -1.60. The van der Waals surface area contributed by atoms with Crippen LogP contribution in [-0.4, -0.2) is 22.5 Å². The molecule has 1 aromatic carbocycles. The van der Waals surface area contributed by atoms with Gasteiger partial charge < -0.3 is 5.73 Å². The van der Waals surface area contributed by atoms with Crippen molar-refractivity contribution >= 4 is 16.5 Å². The maximum Gasteiger partial charge on any atom is 0.416 e. The number of hydrogen-bond acceptors (Lipinski definition) is 4. The largest absolute Gasteiger partial charge is 0.416 e. The summed E-state index contributed by atoms with van der Waals surface area (Å²) in [6, 6.07) is 4.92. The van der Waals surface area contributed by atoms with E-state index in [4.69, 9.17) is 5.73 Å². The third-order valence-electron chi connectivity index (χ3n) is 4.85. The van der Waals surface area contributed by atoms with Gasteiger partial charge in [0.2, 0.25) is 0 Å². The first-order chi connectivity index (χ1) is 11.8. The highest BCUT2D eigenvalue weighted by Crippen LogP contribution is 2.37. The predicted octanol–water partition coefficient (Wildman–Crippen LogP) is 5.09. The van der Waals surface area contributed by atoms with Crippen LogP contribution < -0.4 is 5.73 Å². The number of nitrogens with zero attached hydrogens (tertiary/aromatic N) is 2. The summed E-state index contributed by atoms with van der Waals surface area (Å²) in [4.78, 5) is 7.65. The van der Waals surface area contributed by atoms with Gasteiger partial charge in [-0.05, 0) is 44.4 Å². The highest BCUT2D eigenvalue weighted by Gasteiger charge is 2.33. The molecule has 3 rings (SSSR count). The Morgan fingerprint density at radius 2 is 2.12 bits per heavy atom. The van der Waals surface area contributed by atoms with Crippen molar-refractivity contribution in [2.75, 3.05) is 12.3 Å². The van der Waals surface area contributed by atoms with E-state index in [0.717, 1.165) is 24.3 Å². The minimum absolute atomic E-state index is 0.214. The average Bonchev–Trinajstić information content (AvgIpc) is 3.13. The van der Waals surface area contributed by atoms with Gasteiger partial charge in [0.1, 0.15) is 0 Å². The summed E-state index contributed by atoms with van der Waals surface area (Å²) in [7, 11) is 0. The molecule has 1 atom stereocenters. The third-order valence-corrected chi connectivity index (χ3v) is 5.72. The Labute approximate surface area is 149 Å². The smallest absolute Gasteiger partial charge is 0.375 e. The molecule has 2 aromatic rings. The van der Waals surface area contributed by atoms with Crippen LogP contribution in [0.15, 0.2) is 18.2 Å². The van der Waals surface area contributed by atoms with E-state index in [1.54, 1.807) is 6.07 Å². The van der Waals surface area contributed by atoms with Gasteiger partial charge >= 0.3 is 6.18 Å². The first kappa shape index (κ1) is 18.2. The molecule has 0 amide bonds. The van der Waals surface area contributed by atoms with E-state index in [0.29, 0.717) is 29.0 Å². The number of alkyl halides is 3. The molecular weight excluding hydrogens is 347 g/mol. The SMILES string of the molecule is CC[C@@H]1CCCN1Cc1sc(N)nc1-c1ccc(C)c(C(F)(F)F)c1. The van der Waals surface area contributed by atoms with E-state index >= 15 is 0 Å². The molecule has 3 nitrogen and oxygen atoms in total. The Kier molecular flexibility index (Phi) is 5.06. The molecule has 0 bridgehead atoms. The van der Waals surface area contributed by atoms with Crippen LogP contribution in [-0.2, 0) is 12.7 Å². The van der Waals surface area contributed by atoms with E-state index in [-0.39, 0.29) is 5.56 Å². The predicted molar refractivity (Wildman–Crippen MR) is 95.4 cm³/mol. The van der Waals surface area contributed by atoms with Crippen LogP contribution in [0.4, 0.5) is 18.3 Å². The lowest BCUT2D eigenvalue weighted by atomic mass is 10.0. The van der Waals surface area contributed by atoms with Gasteiger partial charge in [0.15, 0.2) is 5.13 Å². The normalized spacial score (nSPS) is 18.8. The van der Waals surface area contributed by atoms with Gasteiger partial charge in [-0.3, -0.25) is 4.90 Å². The number of likely N-dealkylation sites (tertiary alicyclic amines) is 1. The zero-order valence-corrected chi connectivity index (χ0v) is 15.2. The minimum Gasteiger partial charge on any atom is -0.375 e. The summed E-state index contributed by atoms with van der Waals surface area (Å²) in [6.07, 6.45) is -0.968. The number of rotatable bonds is 4. The minimum atomic E-state index is -4.37. The number of anilines is 1. The van der Waals surface area contributed by atoms with Crippen molar-refractivity contribution < 1.29 is 13.2 Å². The maximum atomic E-state index is 13.2. The van der Waals surface area contributed by atoms with Gasteiger partial charge in [0.25, 0.3) is 0 Å². The molecule has 1 aliphatic rings. The molecule has 1 saturated heterocycles. The second kappa shape index (κ2) is 6.96. The van der Waals surface area contributed by atoms with Gasteiger partial charge in [-0.2, -0.15) is 13.2 Å². The maximum absolute atomic E-state index is 13.2. The Morgan fingerprint density at radius 3 is 2.80 bits per heavy atom. The van der Waals surface area contributed by atoms with Gasteiger partial charge in [0.05, 0.1) is 11.3 Å². The molecule has 0 unspecified atom stereocenters. The molecular formula is C18H22F3N3S. The highest BCUT2D eigenvalue weighted by molar-refractivity contribution is 7.15. The van der Waals surface area contributed by atoms with E-state index in [9.17, 15) is 13.2 Å². The lowest BCUT2D eigenvalue weighted by Crippen LogP contribution is -2.28. The molecule has 136 valence electrons. The fourth-order valence-corrected chi connectivity index (χ4v) is 4.41. The van der Waals surface area contributed by atoms with Crippen LogP contribution in [0.3, 0.4) is 0 Å². The molecule has 2 heterocycles. The monoisotopic (exact) mass is 369 g/mol. The van der Waals surface area contributed by atoms with Gasteiger partial charge in [-0.1, -0.05) is 19.1 Å². The molecule has 25 heavy (non-hydrogen) atoms. The molecule has 1 aromatic heterocycles. The van der Waals surface area contributed by atoms with E-state index in [1.165, 1.54) is 36.8 Å². The third kappa shape index (κ3) is 3.82. The summed E-state index contributed by atoms with van der Waals surface area (Å²) < 4.78 is 39.7. The standard InChI is InChI=1S/C18H22F3N3S/c1-3-13-5-4-8-24(13)10-15-16(23-17(22)25-15)12-7-6-11(2)14(9-12)18(19,20)21/h6-7,9,13H,3-5,8,10H2,1-2H3,(H2,22,23)/t13-/m1/s1. The number of nitrogens with two attached hydrogens (primary N) is 1. The highest BCUT2D eigenvalue weighted by atomic mass is 32.1. The van der Waals surface area contributed by atoms with Crippen molar-refractivity contribution in [3.63, 3.8) is 0 Å². The summed E-state index contributed by atoms with van der Waals surface area (Å²) in [5.74, 6) is 0. The zero-order valence-electron chi connectivity index (χ0n) is 14.4. The molecule has 1 aliphatic heterocycles. The first-order valence-corrected chi connectivity index (χ1v) is 9.28. The number of hydrogen-bond donors (Lipinski definition) is 1. The van der Waals surface area contributed by atoms with Gasteiger partial charge in [-0.25, -0.2) is 4.98 Å². The van der Waals surface area contributed by atoms with Crippen molar-refractivity contribution in [1.29, 1.82) is 0 Å². The number of halogens is 3. The number of nitrogen functional groups attached to an aromatic ring is 1. The van der Waals surface area contributed by atoms with Crippen LogP contribution >= 0.6 is 11.3 Å². The number of thiazole rings is 1. The quantitative estimate of drug-likeness (QED) is 0.816. The van der Waals surface area contributed by atoms with Gasteiger partial charge in [-0.15, -0.1) is 11.3 Å². The van der Waals surface area contributed by atoms with Crippen molar-refractivity contribution in [2.24, 2.45) is 0 Å². The Morgan fingerprint density at radius 1 is 1.36 bits per heavy atom. The molecule has 0 aliphatic carbocycles. The van der Waals surface area contributed by atoms with Crippen molar-refractivity contribution in [3.05, 3.63) is 34.2 Å². The summed E-state index contributed by atoms with van der Waals surface area (Å²) in [6.45, 7) is 5.34. The Balaban J connectivity index is 1.96. The van der Waals surface area contributed by atoms with Crippen LogP contribution in [0.25, 0.3) is 11.3 Å². The van der Waals surface area contributed by atoms with Crippen LogP contribution in [0.5, 0.6) is 0 Å². The first-order valence-electron chi connectivity index (χ1n) is 8.47. The molecule has 1 fully saturated rings. The summed E-state index contributed by atoms with van der Waals surface area (Å²) >= 11 is 1.37. The zero-order chi connectivity index (χ0) is 18.2. The van der Waals surface area contributed by atoms with E-state index in [2.05, 4.69) is 16.8 Å². The van der Waals surface area contributed by atoms with E-state index in [1.807, 2.05) is 0 Å².